The highest BCUT2D eigenvalue weighted by atomic mass is 32.1. The molecule has 9 heteroatoms. The van der Waals surface area contributed by atoms with Gasteiger partial charge in [-0.15, -0.1) is 11.3 Å². The predicted octanol–water partition coefficient (Wildman–Crippen LogP) is 6.29. The number of anilines is 2. The smallest absolute Gasteiger partial charge is 0.416 e. The highest BCUT2D eigenvalue weighted by molar-refractivity contribution is 7.14. The molecule has 0 aliphatic heterocycles. The van der Waals surface area contributed by atoms with Crippen molar-refractivity contribution in [3.05, 3.63) is 88.9 Å². The normalized spacial score (nSPS) is 11.4. The summed E-state index contributed by atoms with van der Waals surface area (Å²) in [5.74, 6) is -0.930. The van der Waals surface area contributed by atoms with E-state index in [2.05, 4.69) is 4.98 Å². The van der Waals surface area contributed by atoms with E-state index in [0.29, 0.717) is 5.69 Å². The Balaban J connectivity index is 1.46. The van der Waals surface area contributed by atoms with Crippen LogP contribution in [0.3, 0.4) is 0 Å². The fourth-order valence-electron chi connectivity index (χ4n) is 3.52. The molecule has 0 bridgehead atoms. The van der Waals surface area contributed by atoms with E-state index < -0.39 is 23.6 Å². The van der Waals surface area contributed by atoms with E-state index in [1.807, 2.05) is 42.5 Å². The number of alkyl halides is 3. The van der Waals surface area contributed by atoms with Crippen molar-refractivity contribution in [3.8, 4) is 0 Å². The molecular weight excluding hydrogens is 465 g/mol. The van der Waals surface area contributed by atoms with Crippen molar-refractivity contribution in [2.75, 3.05) is 4.90 Å². The molecule has 0 saturated heterocycles. The molecule has 0 N–H and O–H groups in total. The van der Waals surface area contributed by atoms with Gasteiger partial charge in [-0.3, -0.25) is 14.5 Å². The number of hydrogen-bond acceptors (Lipinski definition) is 5. The van der Waals surface area contributed by atoms with Gasteiger partial charge in [-0.25, -0.2) is 4.98 Å². The Morgan fingerprint density at radius 2 is 1.76 bits per heavy atom. The number of nitrogens with zero attached hydrogens (tertiary/aromatic N) is 2. The van der Waals surface area contributed by atoms with Crippen LogP contribution in [0.1, 0.15) is 23.7 Å². The van der Waals surface area contributed by atoms with E-state index in [1.165, 1.54) is 19.1 Å². The Morgan fingerprint density at radius 3 is 2.53 bits per heavy atom. The Hall–Kier alpha value is -3.72. The van der Waals surface area contributed by atoms with Crippen molar-refractivity contribution in [1.82, 2.24) is 4.98 Å². The number of esters is 1. The number of ether oxygens (including phenoxy) is 1. The van der Waals surface area contributed by atoms with Crippen LogP contribution in [-0.4, -0.2) is 16.9 Å². The average Bonchev–Trinajstić information content (AvgIpc) is 3.26. The van der Waals surface area contributed by atoms with E-state index in [9.17, 15) is 22.8 Å². The van der Waals surface area contributed by atoms with Gasteiger partial charge in [0.05, 0.1) is 23.4 Å². The summed E-state index contributed by atoms with van der Waals surface area (Å²) >= 11 is 1.07. The number of halogens is 3. The molecule has 0 spiro atoms. The molecule has 5 nitrogen and oxygen atoms in total. The Bertz CT molecular complexity index is 1350. The van der Waals surface area contributed by atoms with Gasteiger partial charge in [-0.1, -0.05) is 48.5 Å². The quantitative estimate of drug-likeness (QED) is 0.302. The van der Waals surface area contributed by atoms with E-state index >= 15 is 0 Å². The van der Waals surface area contributed by atoms with Crippen LogP contribution in [-0.2, 0) is 33.5 Å². The van der Waals surface area contributed by atoms with Gasteiger partial charge in [0, 0.05) is 12.3 Å². The van der Waals surface area contributed by atoms with Crippen LogP contribution in [0.4, 0.5) is 24.0 Å². The summed E-state index contributed by atoms with van der Waals surface area (Å²) in [4.78, 5) is 30.0. The molecule has 1 aromatic heterocycles. The van der Waals surface area contributed by atoms with Gasteiger partial charge >= 0.3 is 12.1 Å². The number of carbonyl (C=O) groups is 2. The minimum absolute atomic E-state index is 0.0520. The van der Waals surface area contributed by atoms with E-state index in [4.69, 9.17) is 4.74 Å². The first-order valence-corrected chi connectivity index (χ1v) is 11.1. The molecular formula is C25H19F3N2O3S. The zero-order valence-electron chi connectivity index (χ0n) is 18.0. The van der Waals surface area contributed by atoms with E-state index in [1.54, 1.807) is 5.38 Å². The van der Waals surface area contributed by atoms with Gasteiger partial charge in [-0.05, 0) is 34.5 Å². The number of rotatable bonds is 6. The van der Waals surface area contributed by atoms with Crippen molar-refractivity contribution in [3.63, 3.8) is 0 Å². The predicted molar refractivity (Wildman–Crippen MR) is 124 cm³/mol. The lowest BCUT2D eigenvalue weighted by Crippen LogP contribution is -2.23. The van der Waals surface area contributed by atoms with Crippen LogP contribution in [0, 0.1) is 0 Å². The first kappa shape index (κ1) is 23.4. The van der Waals surface area contributed by atoms with Gasteiger partial charge in [0.1, 0.15) is 6.61 Å². The summed E-state index contributed by atoms with van der Waals surface area (Å²) in [5.41, 5.74) is 0.422. The molecule has 0 aliphatic carbocycles. The lowest BCUT2D eigenvalue weighted by atomic mass is 10.0. The van der Waals surface area contributed by atoms with Gasteiger partial charge in [0.25, 0.3) is 0 Å². The monoisotopic (exact) mass is 484 g/mol. The van der Waals surface area contributed by atoms with Crippen molar-refractivity contribution < 1.29 is 27.5 Å². The molecule has 174 valence electrons. The molecule has 34 heavy (non-hydrogen) atoms. The second-order valence-corrected chi connectivity index (χ2v) is 8.34. The zero-order valence-corrected chi connectivity index (χ0v) is 18.8. The number of carbonyl (C=O) groups excluding carboxylic acids is 2. The van der Waals surface area contributed by atoms with E-state index in [0.717, 1.165) is 44.7 Å². The number of amides is 1. The lowest BCUT2D eigenvalue weighted by Gasteiger charge is -2.19. The third kappa shape index (κ3) is 5.26. The zero-order chi connectivity index (χ0) is 24.3. The molecule has 4 rings (SSSR count). The third-order valence-corrected chi connectivity index (χ3v) is 5.95. The molecule has 0 radical (unpaired) electrons. The average molecular weight is 484 g/mol. The second kappa shape index (κ2) is 9.64. The molecule has 0 aliphatic rings. The fraction of sp³-hybridized carbons (Fsp3) is 0.160. The number of fused-ring (bicyclic) bond motifs is 1. The minimum atomic E-state index is -4.54. The summed E-state index contributed by atoms with van der Waals surface area (Å²) in [6.07, 6.45) is -4.45. The van der Waals surface area contributed by atoms with Crippen LogP contribution in [0.5, 0.6) is 0 Å². The summed E-state index contributed by atoms with van der Waals surface area (Å²) < 4.78 is 44.6. The SMILES string of the molecule is CC(=O)N(c1cccc(C(F)(F)F)c1)c1nc(COC(=O)Cc2cccc3ccccc23)cs1. The molecule has 0 unspecified atom stereocenters. The second-order valence-electron chi connectivity index (χ2n) is 7.50. The van der Waals surface area contributed by atoms with Gasteiger partial charge in [0.15, 0.2) is 5.13 Å². The molecule has 3 aromatic carbocycles. The first-order valence-electron chi connectivity index (χ1n) is 10.3. The lowest BCUT2D eigenvalue weighted by molar-refractivity contribution is -0.144. The van der Waals surface area contributed by atoms with Gasteiger partial charge in [0.2, 0.25) is 5.91 Å². The highest BCUT2D eigenvalue weighted by Gasteiger charge is 2.31. The van der Waals surface area contributed by atoms with Crippen LogP contribution in [0.15, 0.2) is 72.1 Å². The summed E-state index contributed by atoms with van der Waals surface area (Å²) in [5, 5.41) is 3.78. The molecule has 0 saturated carbocycles. The highest BCUT2D eigenvalue weighted by Crippen LogP contribution is 2.35. The molecule has 1 amide bonds. The number of benzene rings is 3. The molecule has 1 heterocycles. The van der Waals surface area contributed by atoms with Crippen molar-refractivity contribution >= 4 is 44.8 Å². The Labute approximate surface area is 197 Å². The minimum Gasteiger partial charge on any atom is -0.459 e. The van der Waals surface area contributed by atoms with Crippen LogP contribution >= 0.6 is 11.3 Å². The fourth-order valence-corrected chi connectivity index (χ4v) is 4.39. The summed E-state index contributed by atoms with van der Waals surface area (Å²) in [6.45, 7) is 1.12. The van der Waals surface area contributed by atoms with Crippen LogP contribution < -0.4 is 4.90 Å². The summed E-state index contributed by atoms with van der Waals surface area (Å²) in [7, 11) is 0. The molecule has 4 aromatic rings. The Morgan fingerprint density at radius 1 is 1.03 bits per heavy atom. The van der Waals surface area contributed by atoms with Crippen molar-refractivity contribution in [1.29, 1.82) is 0 Å². The maximum Gasteiger partial charge on any atom is 0.416 e. The topological polar surface area (TPSA) is 59.5 Å². The van der Waals surface area contributed by atoms with Crippen LogP contribution in [0.2, 0.25) is 0 Å². The standard InChI is InChI=1S/C25H19F3N2O3S/c1-16(31)30(21-10-5-9-19(13-21)25(26,27)28)24-29-20(15-34-24)14-33-23(32)12-18-8-4-7-17-6-2-3-11-22(17)18/h2-11,13,15H,12,14H2,1H3. The van der Waals surface area contributed by atoms with Crippen LogP contribution in [0.25, 0.3) is 10.8 Å². The number of hydrogen-bond donors (Lipinski definition) is 0. The number of thiazole rings is 1. The maximum atomic E-state index is 13.1. The molecule has 0 fully saturated rings. The number of aromatic nitrogens is 1. The molecule has 0 atom stereocenters. The van der Waals surface area contributed by atoms with Gasteiger partial charge in [-0.2, -0.15) is 13.2 Å². The van der Waals surface area contributed by atoms with E-state index in [-0.39, 0.29) is 23.8 Å². The van der Waals surface area contributed by atoms with Gasteiger partial charge < -0.3 is 4.74 Å². The largest absolute Gasteiger partial charge is 0.459 e. The maximum absolute atomic E-state index is 13.1. The first-order chi connectivity index (χ1) is 16.2. The Kier molecular flexibility index (Phi) is 6.65. The van der Waals surface area contributed by atoms with Crippen molar-refractivity contribution in [2.45, 2.75) is 26.1 Å². The third-order valence-electron chi connectivity index (χ3n) is 5.07. The summed E-state index contributed by atoms with van der Waals surface area (Å²) in [6, 6.07) is 17.9. The van der Waals surface area contributed by atoms with Crippen molar-refractivity contribution in [2.24, 2.45) is 0 Å².